The fourth-order valence-electron chi connectivity index (χ4n) is 3.82. The number of aromatic nitrogens is 3. The maximum absolute atomic E-state index is 12.6. The Hall–Kier alpha value is -3.00. The zero-order valence-corrected chi connectivity index (χ0v) is 19.1. The monoisotopic (exact) mass is 437 g/mol. The maximum atomic E-state index is 12.6. The minimum absolute atomic E-state index is 0.00238. The van der Waals surface area contributed by atoms with Crippen LogP contribution in [0.4, 0.5) is 5.69 Å². The Bertz CT molecular complexity index is 1130. The summed E-state index contributed by atoms with van der Waals surface area (Å²) in [6, 6.07) is 7.99. The molecule has 1 atom stereocenters. The van der Waals surface area contributed by atoms with Gasteiger partial charge < -0.3 is 10.2 Å². The number of anilines is 1. The number of aryl methyl sites for hydroxylation is 4. The average molecular weight is 438 g/mol. The van der Waals surface area contributed by atoms with Crippen LogP contribution in [0.1, 0.15) is 34.6 Å². The van der Waals surface area contributed by atoms with Gasteiger partial charge in [-0.05, 0) is 57.0 Å². The van der Waals surface area contributed by atoms with E-state index < -0.39 is 0 Å². The van der Waals surface area contributed by atoms with Crippen LogP contribution in [0.25, 0.3) is 5.13 Å². The molecule has 8 heteroatoms. The third-order valence-electron chi connectivity index (χ3n) is 5.71. The largest absolute Gasteiger partial charge is 0.355 e. The minimum Gasteiger partial charge on any atom is -0.355 e. The van der Waals surface area contributed by atoms with Gasteiger partial charge in [0, 0.05) is 42.7 Å². The van der Waals surface area contributed by atoms with E-state index >= 15 is 0 Å². The molecule has 0 spiro atoms. The van der Waals surface area contributed by atoms with E-state index in [1.165, 1.54) is 16.9 Å². The van der Waals surface area contributed by atoms with E-state index in [1.807, 2.05) is 62.0 Å². The number of benzene rings is 1. The second-order valence-electron chi connectivity index (χ2n) is 8.18. The lowest BCUT2D eigenvalue weighted by Gasteiger charge is -2.18. The Balaban J connectivity index is 1.31. The van der Waals surface area contributed by atoms with Gasteiger partial charge >= 0.3 is 0 Å². The molecule has 3 heterocycles. The second kappa shape index (κ2) is 8.63. The molecule has 0 saturated carbocycles. The molecule has 4 rings (SSSR count). The van der Waals surface area contributed by atoms with Gasteiger partial charge in [-0.3, -0.25) is 9.59 Å². The molecule has 162 valence electrons. The van der Waals surface area contributed by atoms with E-state index in [0.717, 1.165) is 33.5 Å². The molecule has 2 amide bonds. The maximum Gasteiger partial charge on any atom is 0.227 e. The summed E-state index contributed by atoms with van der Waals surface area (Å²) in [6.45, 7) is 8.96. The zero-order chi connectivity index (χ0) is 22.1. The van der Waals surface area contributed by atoms with Gasteiger partial charge in [0.2, 0.25) is 16.9 Å². The topological polar surface area (TPSA) is 80.1 Å². The fraction of sp³-hybridized carbons (Fsp3) is 0.391. The van der Waals surface area contributed by atoms with Crippen molar-refractivity contribution in [2.75, 3.05) is 18.0 Å². The van der Waals surface area contributed by atoms with Gasteiger partial charge in [0.25, 0.3) is 0 Å². The van der Waals surface area contributed by atoms with Crippen molar-refractivity contribution in [1.29, 1.82) is 0 Å². The number of hydrogen-bond donors (Lipinski definition) is 1. The summed E-state index contributed by atoms with van der Waals surface area (Å²) in [7, 11) is 0. The molecule has 0 radical (unpaired) electrons. The van der Waals surface area contributed by atoms with Crippen LogP contribution in [-0.2, 0) is 16.0 Å². The molecule has 1 aromatic carbocycles. The average Bonchev–Trinajstić information content (AvgIpc) is 3.42. The van der Waals surface area contributed by atoms with Crippen molar-refractivity contribution in [3.8, 4) is 5.13 Å². The number of nitrogens with zero attached hydrogens (tertiary/aromatic N) is 4. The van der Waals surface area contributed by atoms with Gasteiger partial charge in [-0.1, -0.05) is 6.07 Å². The van der Waals surface area contributed by atoms with Crippen molar-refractivity contribution < 1.29 is 9.59 Å². The molecule has 1 aliphatic rings. The number of carbonyl (C=O) groups excluding carboxylic acids is 2. The summed E-state index contributed by atoms with van der Waals surface area (Å²) in [5.41, 5.74) is 6.12. The van der Waals surface area contributed by atoms with Crippen LogP contribution in [0.5, 0.6) is 0 Å². The van der Waals surface area contributed by atoms with Crippen molar-refractivity contribution in [2.24, 2.45) is 5.92 Å². The Morgan fingerprint density at radius 1 is 1.19 bits per heavy atom. The smallest absolute Gasteiger partial charge is 0.227 e. The quantitative estimate of drug-likeness (QED) is 0.642. The molecule has 1 unspecified atom stereocenters. The molecule has 1 saturated heterocycles. The van der Waals surface area contributed by atoms with Crippen molar-refractivity contribution >= 4 is 28.8 Å². The Morgan fingerprint density at radius 3 is 2.71 bits per heavy atom. The summed E-state index contributed by atoms with van der Waals surface area (Å²) in [5, 5.41) is 10.3. The molecule has 0 bridgehead atoms. The van der Waals surface area contributed by atoms with Gasteiger partial charge in [0.1, 0.15) is 0 Å². The van der Waals surface area contributed by atoms with E-state index in [9.17, 15) is 9.59 Å². The van der Waals surface area contributed by atoms with Gasteiger partial charge in [0.15, 0.2) is 0 Å². The standard InChI is InChI=1S/C23H27N5O2S/c1-14-5-6-20(9-15(14)2)27-12-18(11-21(27)29)22(30)24-8-7-19-13-31-23(25-19)28-17(4)10-16(3)26-28/h5-6,9-10,13,18H,7-8,11-12H2,1-4H3,(H,24,30). The number of amides is 2. The lowest BCUT2D eigenvalue weighted by molar-refractivity contribution is -0.126. The predicted octanol–water partition coefficient (Wildman–Crippen LogP) is 3.27. The first-order valence-corrected chi connectivity index (χ1v) is 11.3. The SMILES string of the molecule is Cc1cc(C)n(-c2nc(CCNC(=O)C3CC(=O)N(c4ccc(C)c(C)c4)C3)cs2)n1. The van der Waals surface area contributed by atoms with E-state index in [4.69, 9.17) is 0 Å². The van der Waals surface area contributed by atoms with E-state index in [0.29, 0.717) is 19.5 Å². The van der Waals surface area contributed by atoms with Gasteiger partial charge in [-0.15, -0.1) is 11.3 Å². The van der Waals surface area contributed by atoms with Crippen LogP contribution < -0.4 is 10.2 Å². The normalized spacial score (nSPS) is 16.2. The van der Waals surface area contributed by atoms with Crippen molar-refractivity contribution in [2.45, 2.75) is 40.5 Å². The van der Waals surface area contributed by atoms with Crippen LogP contribution in [0.3, 0.4) is 0 Å². The Morgan fingerprint density at radius 2 is 2.00 bits per heavy atom. The molecule has 2 aromatic heterocycles. The Labute approximate surface area is 186 Å². The van der Waals surface area contributed by atoms with Crippen molar-refractivity contribution in [3.63, 3.8) is 0 Å². The van der Waals surface area contributed by atoms with Crippen LogP contribution in [0.2, 0.25) is 0 Å². The van der Waals surface area contributed by atoms with E-state index in [-0.39, 0.29) is 24.2 Å². The summed E-state index contributed by atoms with van der Waals surface area (Å²) in [4.78, 5) is 31.5. The number of nitrogens with one attached hydrogen (secondary N) is 1. The van der Waals surface area contributed by atoms with Crippen LogP contribution in [-0.4, -0.2) is 39.7 Å². The highest BCUT2D eigenvalue weighted by atomic mass is 32.1. The molecule has 0 aliphatic carbocycles. The molecule has 1 aliphatic heterocycles. The molecule has 7 nitrogen and oxygen atoms in total. The number of hydrogen-bond acceptors (Lipinski definition) is 5. The number of rotatable bonds is 6. The van der Waals surface area contributed by atoms with E-state index in [2.05, 4.69) is 15.4 Å². The molecule has 1 N–H and O–H groups in total. The zero-order valence-electron chi connectivity index (χ0n) is 18.3. The lowest BCUT2D eigenvalue weighted by Crippen LogP contribution is -2.34. The highest BCUT2D eigenvalue weighted by Crippen LogP contribution is 2.27. The van der Waals surface area contributed by atoms with Crippen LogP contribution >= 0.6 is 11.3 Å². The van der Waals surface area contributed by atoms with Crippen LogP contribution in [0, 0.1) is 33.6 Å². The third kappa shape index (κ3) is 4.54. The van der Waals surface area contributed by atoms with Crippen molar-refractivity contribution in [3.05, 3.63) is 57.9 Å². The first kappa shape index (κ1) is 21.2. The summed E-state index contributed by atoms with van der Waals surface area (Å²) >= 11 is 1.54. The first-order chi connectivity index (χ1) is 14.8. The molecular weight excluding hydrogens is 410 g/mol. The van der Waals surface area contributed by atoms with Gasteiger partial charge in [-0.2, -0.15) is 5.10 Å². The van der Waals surface area contributed by atoms with Crippen molar-refractivity contribution in [1.82, 2.24) is 20.1 Å². The van der Waals surface area contributed by atoms with E-state index in [1.54, 1.807) is 4.90 Å². The minimum atomic E-state index is -0.324. The third-order valence-corrected chi connectivity index (χ3v) is 6.57. The molecule has 31 heavy (non-hydrogen) atoms. The number of carbonyl (C=O) groups is 2. The second-order valence-corrected chi connectivity index (χ2v) is 9.01. The fourth-order valence-corrected chi connectivity index (χ4v) is 4.68. The molecular formula is C23H27N5O2S. The lowest BCUT2D eigenvalue weighted by atomic mass is 10.1. The molecule has 1 fully saturated rings. The Kier molecular flexibility index (Phi) is 5.91. The van der Waals surface area contributed by atoms with Gasteiger partial charge in [0.05, 0.1) is 17.3 Å². The molecule has 3 aromatic rings. The van der Waals surface area contributed by atoms with Gasteiger partial charge in [-0.25, -0.2) is 9.67 Å². The van der Waals surface area contributed by atoms with Crippen LogP contribution in [0.15, 0.2) is 29.6 Å². The summed E-state index contributed by atoms with van der Waals surface area (Å²) < 4.78 is 1.84. The first-order valence-electron chi connectivity index (χ1n) is 10.4. The highest BCUT2D eigenvalue weighted by Gasteiger charge is 2.35. The number of thiazole rings is 1. The summed E-state index contributed by atoms with van der Waals surface area (Å²) in [5.74, 6) is -0.402. The summed E-state index contributed by atoms with van der Waals surface area (Å²) in [6.07, 6.45) is 0.889. The predicted molar refractivity (Wildman–Crippen MR) is 122 cm³/mol. The highest BCUT2D eigenvalue weighted by molar-refractivity contribution is 7.12.